The van der Waals surface area contributed by atoms with E-state index in [1.807, 2.05) is 24.3 Å². The molecule has 0 N–H and O–H groups in total. The lowest BCUT2D eigenvalue weighted by atomic mass is 10.2. The number of halogens is 2. The lowest BCUT2D eigenvalue weighted by molar-refractivity contribution is 0.289. The first-order chi connectivity index (χ1) is 8.16. The van der Waals surface area contributed by atoms with Gasteiger partial charge < -0.3 is 4.74 Å². The van der Waals surface area contributed by atoms with E-state index in [0.717, 1.165) is 10.0 Å². The van der Waals surface area contributed by atoms with E-state index in [0.29, 0.717) is 17.9 Å². The molecule has 3 heteroatoms. The number of ether oxygens (including phenoxy) is 1. The highest BCUT2D eigenvalue weighted by molar-refractivity contribution is 9.10. The van der Waals surface area contributed by atoms with Crippen LogP contribution in [0.25, 0.3) is 0 Å². The minimum absolute atomic E-state index is 0.287. The first-order valence-electron chi connectivity index (χ1n) is 5.29. The van der Waals surface area contributed by atoms with Gasteiger partial charge in [0.05, 0.1) is 0 Å². The average Bonchev–Trinajstić information content (AvgIpc) is 2.33. The Bertz CT molecular complexity index is 508. The van der Waals surface area contributed by atoms with Crippen molar-refractivity contribution in [3.8, 4) is 5.75 Å². The molecule has 0 spiro atoms. The minimum atomic E-state index is -0.287. The maximum absolute atomic E-state index is 13.6. The molecule has 2 aromatic rings. The zero-order chi connectivity index (χ0) is 12.3. The molecule has 0 atom stereocenters. The highest BCUT2D eigenvalue weighted by Crippen LogP contribution is 2.21. The van der Waals surface area contributed by atoms with Crippen molar-refractivity contribution in [3.05, 3.63) is 63.9 Å². The first kappa shape index (κ1) is 12.1. The molecule has 2 aromatic carbocycles. The van der Waals surface area contributed by atoms with Crippen LogP contribution >= 0.6 is 15.9 Å². The van der Waals surface area contributed by atoms with Crippen molar-refractivity contribution in [3.63, 3.8) is 0 Å². The lowest BCUT2D eigenvalue weighted by Gasteiger charge is -2.08. The van der Waals surface area contributed by atoms with Crippen molar-refractivity contribution in [2.45, 2.75) is 13.5 Å². The molecule has 0 aliphatic rings. The predicted molar refractivity (Wildman–Crippen MR) is 69.6 cm³/mol. The molecule has 0 fully saturated rings. The van der Waals surface area contributed by atoms with Gasteiger partial charge in [0.15, 0.2) is 11.6 Å². The number of hydrogen-bond donors (Lipinski definition) is 0. The molecule has 0 aliphatic carbocycles. The van der Waals surface area contributed by atoms with E-state index in [9.17, 15) is 4.39 Å². The summed E-state index contributed by atoms with van der Waals surface area (Å²) in [6, 6.07) is 12.9. The van der Waals surface area contributed by atoms with Crippen LogP contribution in [0.1, 0.15) is 11.1 Å². The second kappa shape index (κ2) is 5.32. The molecule has 88 valence electrons. The van der Waals surface area contributed by atoms with Crippen LogP contribution in [0, 0.1) is 12.7 Å². The van der Waals surface area contributed by atoms with Crippen LogP contribution in [0.2, 0.25) is 0 Å². The summed E-state index contributed by atoms with van der Waals surface area (Å²) in [5.41, 5.74) is 1.60. The van der Waals surface area contributed by atoms with Crippen molar-refractivity contribution < 1.29 is 9.13 Å². The van der Waals surface area contributed by atoms with Gasteiger partial charge in [-0.1, -0.05) is 40.2 Å². The number of benzene rings is 2. The van der Waals surface area contributed by atoms with E-state index < -0.39 is 0 Å². The second-order valence-corrected chi connectivity index (χ2v) is 4.72. The van der Waals surface area contributed by atoms with E-state index in [2.05, 4.69) is 15.9 Å². The summed E-state index contributed by atoms with van der Waals surface area (Å²) in [5, 5.41) is 0. The Balaban J connectivity index is 2.07. The first-order valence-corrected chi connectivity index (χ1v) is 6.08. The van der Waals surface area contributed by atoms with Crippen LogP contribution in [0.3, 0.4) is 0 Å². The average molecular weight is 295 g/mol. The highest BCUT2D eigenvalue weighted by atomic mass is 79.9. The summed E-state index contributed by atoms with van der Waals surface area (Å²) < 4.78 is 20.1. The normalized spacial score (nSPS) is 10.3. The molecule has 0 saturated carbocycles. The van der Waals surface area contributed by atoms with Gasteiger partial charge in [-0.2, -0.15) is 0 Å². The molecule has 1 nitrogen and oxygen atoms in total. The third-order valence-electron chi connectivity index (χ3n) is 2.46. The van der Waals surface area contributed by atoms with Crippen molar-refractivity contribution in [1.82, 2.24) is 0 Å². The van der Waals surface area contributed by atoms with Crippen molar-refractivity contribution in [2.24, 2.45) is 0 Å². The van der Waals surface area contributed by atoms with Gasteiger partial charge in [-0.3, -0.25) is 0 Å². The van der Waals surface area contributed by atoms with Crippen LogP contribution in [-0.2, 0) is 6.61 Å². The van der Waals surface area contributed by atoms with Crippen LogP contribution in [0.5, 0.6) is 5.75 Å². The largest absolute Gasteiger partial charge is 0.486 e. The summed E-state index contributed by atoms with van der Waals surface area (Å²) in [7, 11) is 0. The lowest BCUT2D eigenvalue weighted by Crippen LogP contribution is -1.98. The van der Waals surface area contributed by atoms with Gasteiger partial charge in [0, 0.05) is 4.47 Å². The summed E-state index contributed by atoms with van der Waals surface area (Å²) in [6.07, 6.45) is 0. The van der Waals surface area contributed by atoms with Gasteiger partial charge in [0.1, 0.15) is 6.61 Å². The molecule has 0 aliphatic heterocycles. The monoisotopic (exact) mass is 294 g/mol. The Morgan fingerprint density at radius 1 is 1.12 bits per heavy atom. The second-order valence-electron chi connectivity index (χ2n) is 3.80. The van der Waals surface area contributed by atoms with Gasteiger partial charge in [-0.25, -0.2) is 4.39 Å². The molecule has 17 heavy (non-hydrogen) atoms. The molecular formula is C14H12BrFO. The molecule has 0 aromatic heterocycles. The van der Waals surface area contributed by atoms with Gasteiger partial charge in [0.25, 0.3) is 0 Å². The van der Waals surface area contributed by atoms with E-state index >= 15 is 0 Å². The molecule has 2 rings (SSSR count). The Morgan fingerprint density at radius 3 is 2.53 bits per heavy atom. The zero-order valence-electron chi connectivity index (χ0n) is 9.41. The fourth-order valence-corrected chi connectivity index (χ4v) is 1.74. The number of hydrogen-bond acceptors (Lipinski definition) is 1. The van der Waals surface area contributed by atoms with E-state index in [-0.39, 0.29) is 5.82 Å². The van der Waals surface area contributed by atoms with Gasteiger partial charge >= 0.3 is 0 Å². The third-order valence-corrected chi connectivity index (χ3v) is 2.99. The highest BCUT2D eigenvalue weighted by Gasteiger charge is 2.05. The SMILES string of the molecule is Cc1cccc(OCc2ccc(Br)cc2)c1F. The Kier molecular flexibility index (Phi) is 3.79. The zero-order valence-corrected chi connectivity index (χ0v) is 11.0. The van der Waals surface area contributed by atoms with Crippen molar-refractivity contribution >= 4 is 15.9 Å². The van der Waals surface area contributed by atoms with Gasteiger partial charge in [-0.15, -0.1) is 0 Å². The van der Waals surface area contributed by atoms with E-state index in [1.54, 1.807) is 25.1 Å². The van der Waals surface area contributed by atoms with Crippen molar-refractivity contribution in [1.29, 1.82) is 0 Å². The van der Waals surface area contributed by atoms with Crippen LogP contribution in [0.4, 0.5) is 4.39 Å². The van der Waals surface area contributed by atoms with Crippen LogP contribution < -0.4 is 4.74 Å². The molecule has 0 saturated heterocycles. The van der Waals surface area contributed by atoms with E-state index in [1.165, 1.54) is 0 Å². The molecular weight excluding hydrogens is 283 g/mol. The molecule has 0 bridgehead atoms. The molecule has 0 heterocycles. The van der Waals surface area contributed by atoms with Gasteiger partial charge in [0.2, 0.25) is 0 Å². The summed E-state index contributed by atoms with van der Waals surface area (Å²) >= 11 is 3.36. The Morgan fingerprint density at radius 2 is 1.82 bits per heavy atom. The fraction of sp³-hybridized carbons (Fsp3) is 0.143. The van der Waals surface area contributed by atoms with Gasteiger partial charge in [-0.05, 0) is 36.2 Å². The maximum Gasteiger partial charge on any atom is 0.167 e. The molecule has 0 amide bonds. The predicted octanol–water partition coefficient (Wildman–Crippen LogP) is 4.48. The molecule has 0 radical (unpaired) electrons. The quantitative estimate of drug-likeness (QED) is 0.811. The summed E-state index contributed by atoms with van der Waals surface area (Å²) in [4.78, 5) is 0. The Hall–Kier alpha value is -1.35. The smallest absolute Gasteiger partial charge is 0.167 e. The topological polar surface area (TPSA) is 9.23 Å². The Labute approximate surface area is 108 Å². The van der Waals surface area contributed by atoms with Crippen molar-refractivity contribution in [2.75, 3.05) is 0 Å². The van der Waals surface area contributed by atoms with Crippen LogP contribution in [-0.4, -0.2) is 0 Å². The standard InChI is InChI=1S/C14H12BrFO/c1-10-3-2-4-13(14(10)16)17-9-11-5-7-12(15)8-6-11/h2-8H,9H2,1H3. The molecule has 0 unspecified atom stereocenters. The van der Waals surface area contributed by atoms with E-state index in [4.69, 9.17) is 4.74 Å². The third kappa shape index (κ3) is 3.07. The fourth-order valence-electron chi connectivity index (χ4n) is 1.47. The number of rotatable bonds is 3. The summed E-state index contributed by atoms with van der Waals surface area (Å²) in [6.45, 7) is 2.09. The minimum Gasteiger partial charge on any atom is -0.486 e. The maximum atomic E-state index is 13.6. The summed E-state index contributed by atoms with van der Waals surface area (Å²) in [5.74, 6) is 0.0116. The van der Waals surface area contributed by atoms with Crippen LogP contribution in [0.15, 0.2) is 46.9 Å². The number of aryl methyl sites for hydroxylation is 1.